The fourth-order valence-corrected chi connectivity index (χ4v) is 3.10. The summed E-state index contributed by atoms with van der Waals surface area (Å²) in [6.07, 6.45) is -0.0410. The molecule has 2 aromatic rings. The highest BCUT2D eigenvalue weighted by Crippen LogP contribution is 2.24. The van der Waals surface area contributed by atoms with Crippen molar-refractivity contribution in [1.29, 1.82) is 10.5 Å². The molecule has 0 heterocycles. The number of aliphatic hydroxyl groups is 1. The molecular formula is C28H32N4O6. The second-order valence-corrected chi connectivity index (χ2v) is 9.12. The standard InChI is InChI=1S/C28H32N4O6/c1-27(19-29,14-12-25(34)37-17-22-6-4-21(16-33)5-7-22)31-32-28(2,20-30)15-13-26(35)38-18-23-8-10-24(36-3)11-9-23/h4-11,33H,12-18H2,1-3H3. The molecule has 0 aliphatic carbocycles. The van der Waals surface area contributed by atoms with Gasteiger partial charge in [0.25, 0.3) is 0 Å². The van der Waals surface area contributed by atoms with E-state index in [9.17, 15) is 20.1 Å². The molecule has 10 heteroatoms. The molecule has 0 aliphatic rings. The van der Waals surface area contributed by atoms with E-state index >= 15 is 0 Å². The Kier molecular flexibility index (Phi) is 11.4. The summed E-state index contributed by atoms with van der Waals surface area (Å²) in [4.78, 5) is 24.4. The molecule has 0 fully saturated rings. The van der Waals surface area contributed by atoms with Gasteiger partial charge in [0.1, 0.15) is 19.0 Å². The molecule has 1 N–H and O–H groups in total. The van der Waals surface area contributed by atoms with Gasteiger partial charge >= 0.3 is 11.9 Å². The molecule has 0 aromatic heterocycles. The van der Waals surface area contributed by atoms with Crippen LogP contribution in [0.15, 0.2) is 58.8 Å². The van der Waals surface area contributed by atoms with Crippen molar-refractivity contribution in [2.75, 3.05) is 7.11 Å². The van der Waals surface area contributed by atoms with E-state index in [1.165, 1.54) is 13.8 Å². The van der Waals surface area contributed by atoms with Crippen molar-refractivity contribution < 1.29 is 28.9 Å². The van der Waals surface area contributed by atoms with Gasteiger partial charge in [-0.25, -0.2) is 0 Å². The van der Waals surface area contributed by atoms with Crippen LogP contribution in [0.3, 0.4) is 0 Å². The molecule has 0 saturated heterocycles. The van der Waals surface area contributed by atoms with Gasteiger partial charge in [0.2, 0.25) is 0 Å². The number of aliphatic hydroxyl groups excluding tert-OH is 1. The number of carbonyl (C=O) groups excluding carboxylic acids is 2. The first-order chi connectivity index (χ1) is 18.1. The molecule has 2 unspecified atom stereocenters. The van der Waals surface area contributed by atoms with Gasteiger partial charge in [-0.15, -0.1) is 0 Å². The van der Waals surface area contributed by atoms with E-state index in [4.69, 9.17) is 19.3 Å². The van der Waals surface area contributed by atoms with Crippen molar-refractivity contribution in [3.8, 4) is 17.9 Å². The van der Waals surface area contributed by atoms with E-state index in [0.717, 1.165) is 16.7 Å². The number of hydrogen-bond donors (Lipinski definition) is 1. The van der Waals surface area contributed by atoms with Crippen molar-refractivity contribution in [2.24, 2.45) is 10.2 Å². The SMILES string of the molecule is COc1ccc(COC(=O)CCC(C)(C#N)N=NC(C)(C#N)CCC(=O)OCc2ccc(CO)cc2)cc1. The topological polar surface area (TPSA) is 154 Å². The minimum atomic E-state index is -1.35. The molecule has 2 rings (SSSR count). The first-order valence-electron chi connectivity index (χ1n) is 12.0. The minimum Gasteiger partial charge on any atom is -0.497 e. The molecule has 0 bridgehead atoms. The average molecular weight is 521 g/mol. The predicted octanol–water partition coefficient (Wildman–Crippen LogP) is 4.55. The van der Waals surface area contributed by atoms with Crippen LogP contribution in [0.2, 0.25) is 0 Å². The number of azo groups is 1. The van der Waals surface area contributed by atoms with E-state index in [1.807, 2.05) is 12.1 Å². The maximum atomic E-state index is 12.2. The van der Waals surface area contributed by atoms with Crippen LogP contribution in [0.4, 0.5) is 0 Å². The molecule has 0 aliphatic heterocycles. The first-order valence-corrected chi connectivity index (χ1v) is 12.0. The fourth-order valence-electron chi connectivity index (χ4n) is 3.10. The van der Waals surface area contributed by atoms with E-state index in [-0.39, 0.29) is 45.5 Å². The average Bonchev–Trinajstić information content (AvgIpc) is 2.96. The molecular weight excluding hydrogens is 488 g/mol. The number of nitrogens with zero attached hydrogens (tertiary/aromatic N) is 4. The van der Waals surface area contributed by atoms with Crippen molar-refractivity contribution in [1.82, 2.24) is 0 Å². The number of benzene rings is 2. The van der Waals surface area contributed by atoms with Gasteiger partial charge in [0.15, 0.2) is 11.1 Å². The summed E-state index contributed by atoms with van der Waals surface area (Å²) in [5.74, 6) is -0.300. The van der Waals surface area contributed by atoms with Crippen LogP contribution in [0, 0.1) is 22.7 Å². The number of esters is 2. The second kappa shape index (κ2) is 14.5. The number of nitriles is 2. The Morgan fingerprint density at radius 1 is 0.789 bits per heavy atom. The lowest BCUT2D eigenvalue weighted by Gasteiger charge is -2.19. The Hall–Kier alpha value is -4.28. The molecule has 0 saturated carbocycles. The van der Waals surface area contributed by atoms with E-state index in [1.54, 1.807) is 55.6 Å². The van der Waals surface area contributed by atoms with Crippen LogP contribution in [0.25, 0.3) is 0 Å². The lowest BCUT2D eigenvalue weighted by molar-refractivity contribution is -0.146. The molecule has 2 atom stereocenters. The van der Waals surface area contributed by atoms with E-state index in [2.05, 4.69) is 10.2 Å². The van der Waals surface area contributed by atoms with Crippen molar-refractivity contribution in [3.63, 3.8) is 0 Å². The van der Waals surface area contributed by atoms with Gasteiger partial charge in [-0.2, -0.15) is 20.8 Å². The zero-order chi connectivity index (χ0) is 28.0. The summed E-state index contributed by atoms with van der Waals surface area (Å²) in [7, 11) is 1.56. The minimum absolute atomic E-state index is 0.0424. The van der Waals surface area contributed by atoms with Gasteiger partial charge in [-0.05, 0) is 55.5 Å². The van der Waals surface area contributed by atoms with Crippen LogP contribution in [-0.2, 0) is 38.9 Å². The number of methoxy groups -OCH3 is 1. The Morgan fingerprint density at radius 2 is 1.18 bits per heavy atom. The fraction of sp³-hybridized carbons (Fsp3) is 0.429. The molecule has 0 spiro atoms. The van der Waals surface area contributed by atoms with E-state index in [0.29, 0.717) is 5.75 Å². The molecule has 10 nitrogen and oxygen atoms in total. The third kappa shape index (κ3) is 10.00. The van der Waals surface area contributed by atoms with Crippen LogP contribution in [0.1, 0.15) is 56.2 Å². The lowest BCUT2D eigenvalue weighted by Crippen LogP contribution is -2.25. The Morgan fingerprint density at radius 3 is 1.55 bits per heavy atom. The zero-order valence-electron chi connectivity index (χ0n) is 21.8. The van der Waals surface area contributed by atoms with Gasteiger partial charge in [-0.1, -0.05) is 36.4 Å². The summed E-state index contributed by atoms with van der Waals surface area (Å²) >= 11 is 0. The van der Waals surface area contributed by atoms with Crippen molar-refractivity contribution >= 4 is 11.9 Å². The van der Waals surface area contributed by atoms with Gasteiger partial charge in [-0.3, -0.25) is 9.59 Å². The highest BCUT2D eigenvalue weighted by Gasteiger charge is 2.30. The van der Waals surface area contributed by atoms with Gasteiger partial charge in [0, 0.05) is 12.8 Å². The number of carbonyl (C=O) groups is 2. The highest BCUT2D eigenvalue weighted by molar-refractivity contribution is 5.70. The van der Waals surface area contributed by atoms with Crippen LogP contribution >= 0.6 is 0 Å². The van der Waals surface area contributed by atoms with E-state index < -0.39 is 23.0 Å². The lowest BCUT2D eigenvalue weighted by atomic mass is 9.97. The Bertz CT molecular complexity index is 1090. The van der Waals surface area contributed by atoms with Crippen LogP contribution in [-0.4, -0.2) is 35.2 Å². The second-order valence-electron chi connectivity index (χ2n) is 9.12. The van der Waals surface area contributed by atoms with Gasteiger partial charge < -0.3 is 19.3 Å². The summed E-state index contributed by atoms with van der Waals surface area (Å²) < 4.78 is 15.6. The monoisotopic (exact) mass is 520 g/mol. The smallest absolute Gasteiger partial charge is 0.306 e. The normalized spacial score (nSPS) is 13.9. The largest absolute Gasteiger partial charge is 0.497 e. The maximum Gasteiger partial charge on any atom is 0.306 e. The molecule has 38 heavy (non-hydrogen) atoms. The zero-order valence-corrected chi connectivity index (χ0v) is 21.8. The quantitative estimate of drug-likeness (QED) is 0.281. The molecule has 0 amide bonds. The van der Waals surface area contributed by atoms with Crippen molar-refractivity contribution in [2.45, 2.75) is 70.4 Å². The molecule has 2 aromatic carbocycles. The molecule has 200 valence electrons. The number of rotatable bonds is 14. The molecule has 0 radical (unpaired) electrons. The summed E-state index contributed by atoms with van der Waals surface area (Å²) in [5, 5.41) is 36.4. The Labute approximate surface area is 222 Å². The summed E-state index contributed by atoms with van der Waals surface area (Å²) in [6, 6.07) is 18.1. The third-order valence-electron chi connectivity index (χ3n) is 5.77. The number of hydrogen-bond acceptors (Lipinski definition) is 10. The summed E-state index contributed by atoms with van der Waals surface area (Å²) in [6.45, 7) is 3.11. The third-order valence-corrected chi connectivity index (χ3v) is 5.77. The Balaban J connectivity index is 1.83. The maximum absolute atomic E-state index is 12.2. The first kappa shape index (κ1) is 29.9. The van der Waals surface area contributed by atoms with Crippen molar-refractivity contribution in [3.05, 3.63) is 65.2 Å². The van der Waals surface area contributed by atoms with Crippen LogP contribution < -0.4 is 4.74 Å². The van der Waals surface area contributed by atoms with Gasteiger partial charge in [0.05, 0.1) is 25.9 Å². The number of ether oxygens (including phenoxy) is 3. The highest BCUT2D eigenvalue weighted by atomic mass is 16.5. The predicted molar refractivity (Wildman–Crippen MR) is 136 cm³/mol. The van der Waals surface area contributed by atoms with Crippen LogP contribution in [0.5, 0.6) is 5.75 Å². The summed E-state index contributed by atoms with van der Waals surface area (Å²) in [5.41, 5.74) is -0.381.